The summed E-state index contributed by atoms with van der Waals surface area (Å²) in [6.07, 6.45) is 0.550. The first-order valence-electron chi connectivity index (χ1n) is 6.53. The van der Waals surface area contributed by atoms with Crippen molar-refractivity contribution in [2.45, 2.75) is 19.4 Å². The third-order valence-corrected chi connectivity index (χ3v) is 3.37. The first kappa shape index (κ1) is 14.9. The maximum Gasteiger partial charge on any atom is 0.163 e. The van der Waals surface area contributed by atoms with Crippen molar-refractivity contribution in [2.24, 2.45) is 0 Å². The molecule has 0 heterocycles. The number of likely N-dealkylation sites (N-methyl/N-ethyl adjacent to an activating group) is 1. The normalized spacial score (nSPS) is 12.4. The molecule has 106 valence electrons. The van der Waals surface area contributed by atoms with Crippen LogP contribution in [0.15, 0.2) is 42.5 Å². The van der Waals surface area contributed by atoms with Crippen LogP contribution in [0.25, 0.3) is 0 Å². The highest BCUT2D eigenvalue weighted by Crippen LogP contribution is 2.24. The van der Waals surface area contributed by atoms with Crippen LogP contribution in [-0.4, -0.2) is 6.54 Å². The van der Waals surface area contributed by atoms with Crippen molar-refractivity contribution >= 4 is 11.6 Å². The third-order valence-electron chi connectivity index (χ3n) is 3.14. The fraction of sp³-hybridized carbons (Fsp3) is 0.250. The van der Waals surface area contributed by atoms with Gasteiger partial charge in [-0.3, -0.25) is 0 Å². The number of hydrogen-bond donors (Lipinski definition) is 1. The lowest BCUT2D eigenvalue weighted by molar-refractivity contribution is 0.464. The predicted octanol–water partition coefficient (Wildman–Crippen LogP) is 4.51. The van der Waals surface area contributed by atoms with Crippen LogP contribution in [-0.2, 0) is 6.42 Å². The van der Waals surface area contributed by atoms with Crippen molar-refractivity contribution in [1.29, 1.82) is 0 Å². The summed E-state index contributed by atoms with van der Waals surface area (Å²) in [5.41, 5.74) is 1.32. The van der Waals surface area contributed by atoms with Crippen LogP contribution in [0.2, 0.25) is 5.02 Å². The van der Waals surface area contributed by atoms with E-state index in [0.717, 1.165) is 11.6 Å². The minimum atomic E-state index is -0.823. The Morgan fingerprint density at radius 2 is 1.90 bits per heavy atom. The highest BCUT2D eigenvalue weighted by Gasteiger charge is 2.17. The summed E-state index contributed by atoms with van der Waals surface area (Å²) < 4.78 is 27.3. The monoisotopic (exact) mass is 295 g/mol. The second-order valence-corrected chi connectivity index (χ2v) is 5.02. The Hall–Kier alpha value is -1.45. The van der Waals surface area contributed by atoms with Gasteiger partial charge in [-0.1, -0.05) is 42.8 Å². The van der Waals surface area contributed by atoms with Gasteiger partial charge in [-0.25, -0.2) is 8.78 Å². The standard InChI is InChI=1S/C16H16ClF2N/c1-2-20-15(10-11-5-3-6-12(17)9-11)13-7-4-8-14(18)16(13)19/h3-9,15,20H,2,10H2,1H3. The maximum atomic E-state index is 13.9. The average Bonchev–Trinajstić information content (AvgIpc) is 2.42. The maximum absolute atomic E-state index is 13.9. The molecule has 1 nitrogen and oxygen atoms in total. The molecule has 1 N–H and O–H groups in total. The Labute approximate surface area is 122 Å². The van der Waals surface area contributed by atoms with Gasteiger partial charge in [-0.2, -0.15) is 0 Å². The van der Waals surface area contributed by atoms with E-state index >= 15 is 0 Å². The highest BCUT2D eigenvalue weighted by molar-refractivity contribution is 6.30. The average molecular weight is 296 g/mol. The lowest BCUT2D eigenvalue weighted by Gasteiger charge is -2.19. The van der Waals surface area contributed by atoms with E-state index in [2.05, 4.69) is 5.32 Å². The Morgan fingerprint density at radius 3 is 2.60 bits per heavy atom. The number of rotatable bonds is 5. The van der Waals surface area contributed by atoms with Gasteiger partial charge < -0.3 is 5.32 Å². The van der Waals surface area contributed by atoms with E-state index < -0.39 is 11.6 Å². The van der Waals surface area contributed by atoms with Crippen LogP contribution in [0.1, 0.15) is 24.1 Å². The van der Waals surface area contributed by atoms with Crippen molar-refractivity contribution in [1.82, 2.24) is 5.32 Å². The molecule has 0 saturated heterocycles. The lowest BCUT2D eigenvalue weighted by Crippen LogP contribution is -2.24. The van der Waals surface area contributed by atoms with Crippen LogP contribution in [0.5, 0.6) is 0 Å². The number of benzene rings is 2. The molecule has 1 unspecified atom stereocenters. The van der Waals surface area contributed by atoms with Gasteiger partial charge in [0.15, 0.2) is 11.6 Å². The summed E-state index contributed by atoms with van der Waals surface area (Å²) in [4.78, 5) is 0. The number of nitrogens with one attached hydrogen (secondary N) is 1. The molecule has 0 aliphatic carbocycles. The molecule has 0 fully saturated rings. The zero-order valence-electron chi connectivity index (χ0n) is 11.2. The van der Waals surface area contributed by atoms with Gasteiger partial charge in [0.2, 0.25) is 0 Å². The molecule has 2 rings (SSSR count). The van der Waals surface area contributed by atoms with E-state index in [1.807, 2.05) is 25.1 Å². The minimum Gasteiger partial charge on any atom is -0.310 e. The van der Waals surface area contributed by atoms with E-state index in [-0.39, 0.29) is 6.04 Å². The van der Waals surface area contributed by atoms with Crippen molar-refractivity contribution in [3.05, 3.63) is 70.2 Å². The summed E-state index contributed by atoms with van der Waals surface area (Å²) in [7, 11) is 0. The van der Waals surface area contributed by atoms with Gasteiger partial charge in [0.05, 0.1) is 0 Å². The van der Waals surface area contributed by atoms with Crippen LogP contribution < -0.4 is 5.32 Å². The second-order valence-electron chi connectivity index (χ2n) is 4.59. The second kappa shape index (κ2) is 6.82. The SMILES string of the molecule is CCNC(Cc1cccc(Cl)c1)c1cccc(F)c1F. The van der Waals surface area contributed by atoms with E-state index in [9.17, 15) is 8.78 Å². The Balaban J connectivity index is 2.29. The molecule has 0 amide bonds. The molecule has 4 heteroatoms. The molecule has 0 aliphatic rings. The topological polar surface area (TPSA) is 12.0 Å². The van der Waals surface area contributed by atoms with E-state index in [1.165, 1.54) is 6.07 Å². The van der Waals surface area contributed by atoms with Gasteiger partial charge in [-0.15, -0.1) is 0 Å². The van der Waals surface area contributed by atoms with Gasteiger partial charge in [0, 0.05) is 16.6 Å². The first-order valence-corrected chi connectivity index (χ1v) is 6.91. The van der Waals surface area contributed by atoms with Crippen molar-refractivity contribution in [2.75, 3.05) is 6.54 Å². The van der Waals surface area contributed by atoms with Crippen molar-refractivity contribution in [3.63, 3.8) is 0 Å². The van der Waals surface area contributed by atoms with Crippen LogP contribution >= 0.6 is 11.6 Å². The molecule has 0 radical (unpaired) electrons. The zero-order valence-corrected chi connectivity index (χ0v) is 11.9. The number of hydrogen-bond acceptors (Lipinski definition) is 1. The minimum absolute atomic E-state index is 0.283. The largest absolute Gasteiger partial charge is 0.310 e. The fourth-order valence-corrected chi connectivity index (χ4v) is 2.44. The molecule has 1 atom stereocenters. The molecule has 0 spiro atoms. The first-order chi connectivity index (χ1) is 9.61. The summed E-state index contributed by atoms with van der Waals surface area (Å²) in [5.74, 6) is -1.61. The van der Waals surface area contributed by atoms with E-state index in [1.54, 1.807) is 12.1 Å². The molecule has 2 aromatic rings. The van der Waals surface area contributed by atoms with E-state index in [0.29, 0.717) is 23.6 Å². The molecule has 20 heavy (non-hydrogen) atoms. The molecular formula is C16H16ClF2N. The van der Waals surface area contributed by atoms with Crippen LogP contribution in [0.4, 0.5) is 8.78 Å². The summed E-state index contributed by atoms with van der Waals surface area (Å²) >= 11 is 5.95. The molecule has 0 saturated carbocycles. The predicted molar refractivity (Wildman–Crippen MR) is 77.9 cm³/mol. The van der Waals surface area contributed by atoms with Crippen molar-refractivity contribution in [3.8, 4) is 0 Å². The van der Waals surface area contributed by atoms with Gasteiger partial charge in [0.1, 0.15) is 0 Å². The van der Waals surface area contributed by atoms with Crippen LogP contribution in [0.3, 0.4) is 0 Å². The molecule has 2 aromatic carbocycles. The van der Waals surface area contributed by atoms with Crippen LogP contribution in [0, 0.1) is 11.6 Å². The Morgan fingerprint density at radius 1 is 1.15 bits per heavy atom. The van der Waals surface area contributed by atoms with Gasteiger partial charge in [-0.05, 0) is 36.7 Å². The van der Waals surface area contributed by atoms with Gasteiger partial charge in [0.25, 0.3) is 0 Å². The van der Waals surface area contributed by atoms with E-state index in [4.69, 9.17) is 11.6 Å². The number of halogens is 3. The third kappa shape index (κ3) is 3.56. The summed E-state index contributed by atoms with van der Waals surface area (Å²) in [6, 6.07) is 11.4. The smallest absolute Gasteiger partial charge is 0.163 e. The van der Waals surface area contributed by atoms with Gasteiger partial charge >= 0.3 is 0 Å². The zero-order chi connectivity index (χ0) is 14.5. The molecule has 0 aromatic heterocycles. The summed E-state index contributed by atoms with van der Waals surface area (Å²) in [5, 5.41) is 3.82. The Bertz CT molecular complexity index is 586. The quantitative estimate of drug-likeness (QED) is 0.855. The lowest BCUT2D eigenvalue weighted by atomic mass is 9.98. The fourth-order valence-electron chi connectivity index (χ4n) is 2.23. The van der Waals surface area contributed by atoms with Crippen molar-refractivity contribution < 1.29 is 8.78 Å². The molecular weight excluding hydrogens is 280 g/mol. The Kier molecular flexibility index (Phi) is 5.10. The molecule has 0 aliphatic heterocycles. The summed E-state index contributed by atoms with van der Waals surface area (Å²) in [6.45, 7) is 2.60. The highest BCUT2D eigenvalue weighted by atomic mass is 35.5. The molecule has 0 bridgehead atoms.